The summed E-state index contributed by atoms with van der Waals surface area (Å²) < 4.78 is 4.93. The fraction of sp³-hybridized carbons (Fsp3) is 0.533. The van der Waals surface area contributed by atoms with E-state index in [9.17, 15) is 4.79 Å². The van der Waals surface area contributed by atoms with Crippen LogP contribution in [0.3, 0.4) is 0 Å². The smallest absolute Gasteiger partial charge is 0.309 e. The maximum atomic E-state index is 11.9. The molecule has 0 bridgehead atoms. The Hall–Kier alpha value is -1.47. The second-order valence-corrected chi connectivity index (χ2v) is 7.37. The number of ether oxygens (including phenoxy) is 1. The monoisotopic (exact) mass is 337 g/mol. The lowest BCUT2D eigenvalue weighted by molar-refractivity contribution is -0.148. The number of aromatic nitrogens is 2. The zero-order valence-corrected chi connectivity index (χ0v) is 14.1. The van der Waals surface area contributed by atoms with E-state index in [1.165, 1.54) is 13.5 Å². The summed E-state index contributed by atoms with van der Waals surface area (Å²) in [5.74, 6) is 0.245. The number of nitrogens with one attached hydrogen (secondary N) is 1. The topological polar surface area (TPSA) is 64.1 Å². The van der Waals surface area contributed by atoms with E-state index < -0.39 is 0 Å². The Morgan fingerprint density at radius 3 is 3.05 bits per heavy atom. The average Bonchev–Trinajstić information content (AvgIpc) is 3.23. The fourth-order valence-corrected chi connectivity index (χ4v) is 4.47. The summed E-state index contributed by atoms with van der Waals surface area (Å²) in [4.78, 5) is 13.0. The van der Waals surface area contributed by atoms with Crippen LogP contribution in [0.25, 0.3) is 9.88 Å². The van der Waals surface area contributed by atoms with E-state index in [0.29, 0.717) is 5.92 Å². The first-order valence-electron chi connectivity index (χ1n) is 7.47. The van der Waals surface area contributed by atoms with Gasteiger partial charge in [0.1, 0.15) is 0 Å². The van der Waals surface area contributed by atoms with Gasteiger partial charge < -0.3 is 10.1 Å². The minimum Gasteiger partial charge on any atom is -0.469 e. The Kier molecular flexibility index (Phi) is 5.04. The van der Waals surface area contributed by atoms with Crippen LogP contribution in [0.4, 0.5) is 5.13 Å². The van der Waals surface area contributed by atoms with Gasteiger partial charge in [-0.25, -0.2) is 0 Å². The van der Waals surface area contributed by atoms with Crippen LogP contribution in [0.5, 0.6) is 0 Å². The third kappa shape index (κ3) is 3.47. The number of esters is 1. The van der Waals surface area contributed by atoms with Gasteiger partial charge >= 0.3 is 5.97 Å². The molecule has 0 aliphatic heterocycles. The summed E-state index contributed by atoms with van der Waals surface area (Å²) in [7, 11) is 1.47. The van der Waals surface area contributed by atoms with Crippen LogP contribution in [0.1, 0.15) is 25.7 Å². The van der Waals surface area contributed by atoms with Crippen molar-refractivity contribution >= 4 is 33.8 Å². The lowest BCUT2D eigenvalue weighted by atomic mass is 9.79. The van der Waals surface area contributed by atoms with Crippen molar-refractivity contribution in [2.45, 2.75) is 25.7 Å². The number of rotatable bonds is 5. The van der Waals surface area contributed by atoms with Gasteiger partial charge in [-0.15, -0.1) is 21.5 Å². The van der Waals surface area contributed by atoms with E-state index in [-0.39, 0.29) is 11.9 Å². The molecule has 0 amide bonds. The fourth-order valence-electron chi connectivity index (χ4n) is 2.93. The quantitative estimate of drug-likeness (QED) is 0.844. The lowest BCUT2D eigenvalue weighted by Gasteiger charge is -2.29. The lowest BCUT2D eigenvalue weighted by Crippen LogP contribution is -2.32. The van der Waals surface area contributed by atoms with Crippen LogP contribution in [0.2, 0.25) is 0 Å². The molecule has 1 saturated carbocycles. The molecule has 1 aliphatic rings. The third-order valence-electron chi connectivity index (χ3n) is 4.09. The predicted octanol–water partition coefficient (Wildman–Crippen LogP) is 3.66. The van der Waals surface area contributed by atoms with Gasteiger partial charge in [0.05, 0.1) is 17.9 Å². The zero-order chi connectivity index (χ0) is 15.4. The van der Waals surface area contributed by atoms with E-state index in [1.54, 1.807) is 22.7 Å². The molecule has 3 rings (SSSR count). The summed E-state index contributed by atoms with van der Waals surface area (Å²) in [6.45, 7) is 0.749. The van der Waals surface area contributed by atoms with Crippen molar-refractivity contribution in [3.05, 3.63) is 17.5 Å². The highest BCUT2D eigenvalue weighted by molar-refractivity contribution is 7.22. The molecule has 1 aliphatic carbocycles. The SMILES string of the molecule is COC(=O)C1CCCCC1CNc1nnc(-c2cccs2)s1. The Labute approximate surface area is 137 Å². The van der Waals surface area contributed by atoms with Gasteiger partial charge in [-0.3, -0.25) is 4.79 Å². The maximum Gasteiger partial charge on any atom is 0.309 e. The molecule has 2 aromatic rings. The standard InChI is InChI=1S/C15H19N3O2S2/c1-20-14(19)11-6-3-2-5-10(11)9-16-15-18-17-13(22-15)12-7-4-8-21-12/h4,7-8,10-11H,2-3,5-6,9H2,1H3,(H,16,18). The number of thiophene rings is 1. The number of carbonyl (C=O) groups is 1. The van der Waals surface area contributed by atoms with Crippen molar-refractivity contribution in [3.63, 3.8) is 0 Å². The molecule has 0 aromatic carbocycles. The predicted molar refractivity (Wildman–Crippen MR) is 89.2 cm³/mol. The molecule has 7 heteroatoms. The van der Waals surface area contributed by atoms with E-state index in [0.717, 1.165) is 40.8 Å². The molecule has 0 spiro atoms. The maximum absolute atomic E-state index is 11.9. The van der Waals surface area contributed by atoms with Gasteiger partial charge in [0.2, 0.25) is 5.13 Å². The normalized spacial score (nSPS) is 21.5. The Balaban J connectivity index is 1.60. The first-order chi connectivity index (χ1) is 10.8. The molecule has 1 N–H and O–H groups in total. The Morgan fingerprint density at radius 2 is 2.27 bits per heavy atom. The Morgan fingerprint density at radius 1 is 1.41 bits per heavy atom. The summed E-state index contributed by atoms with van der Waals surface area (Å²) >= 11 is 3.22. The molecule has 118 valence electrons. The van der Waals surface area contributed by atoms with Crippen molar-refractivity contribution in [1.29, 1.82) is 0 Å². The van der Waals surface area contributed by atoms with Crippen molar-refractivity contribution in [2.75, 3.05) is 19.0 Å². The molecule has 2 aromatic heterocycles. The van der Waals surface area contributed by atoms with Crippen LogP contribution in [0.15, 0.2) is 17.5 Å². The van der Waals surface area contributed by atoms with Gasteiger partial charge in [0.25, 0.3) is 0 Å². The molecule has 0 radical (unpaired) electrons. The molecule has 5 nitrogen and oxygen atoms in total. The highest BCUT2D eigenvalue weighted by Crippen LogP contribution is 2.33. The van der Waals surface area contributed by atoms with Gasteiger partial charge in [-0.2, -0.15) is 0 Å². The molecular weight excluding hydrogens is 318 g/mol. The second kappa shape index (κ2) is 7.19. The Bertz CT molecular complexity index is 612. The molecule has 2 unspecified atom stereocenters. The van der Waals surface area contributed by atoms with Crippen molar-refractivity contribution in [2.24, 2.45) is 11.8 Å². The molecule has 22 heavy (non-hydrogen) atoms. The molecule has 2 heterocycles. The van der Waals surface area contributed by atoms with Crippen LogP contribution in [-0.2, 0) is 9.53 Å². The first-order valence-corrected chi connectivity index (χ1v) is 9.16. The summed E-state index contributed by atoms with van der Waals surface area (Å²) in [5.41, 5.74) is 0. The van der Waals surface area contributed by atoms with E-state index >= 15 is 0 Å². The molecule has 1 fully saturated rings. The van der Waals surface area contributed by atoms with Gasteiger partial charge in [0, 0.05) is 6.54 Å². The van der Waals surface area contributed by atoms with Crippen molar-refractivity contribution in [3.8, 4) is 9.88 Å². The van der Waals surface area contributed by atoms with Crippen molar-refractivity contribution in [1.82, 2.24) is 10.2 Å². The largest absolute Gasteiger partial charge is 0.469 e. The molecule has 0 saturated heterocycles. The zero-order valence-electron chi connectivity index (χ0n) is 12.4. The average molecular weight is 337 g/mol. The van der Waals surface area contributed by atoms with Gasteiger partial charge in [-0.05, 0) is 30.2 Å². The van der Waals surface area contributed by atoms with E-state index in [2.05, 4.69) is 15.5 Å². The molecular formula is C15H19N3O2S2. The minimum absolute atomic E-state index is 0.0101. The number of hydrogen-bond donors (Lipinski definition) is 1. The van der Waals surface area contributed by atoms with E-state index in [4.69, 9.17) is 4.74 Å². The van der Waals surface area contributed by atoms with Crippen LogP contribution < -0.4 is 5.32 Å². The third-order valence-corrected chi connectivity index (χ3v) is 6.01. The number of methoxy groups -OCH3 is 1. The van der Waals surface area contributed by atoms with E-state index in [1.807, 2.05) is 17.5 Å². The minimum atomic E-state index is -0.0805. The van der Waals surface area contributed by atoms with Crippen LogP contribution in [-0.4, -0.2) is 29.8 Å². The van der Waals surface area contributed by atoms with Gasteiger partial charge in [0.15, 0.2) is 5.01 Å². The number of anilines is 1. The first kappa shape index (κ1) is 15.4. The summed E-state index contributed by atoms with van der Waals surface area (Å²) in [6.07, 6.45) is 4.27. The molecule has 2 atom stereocenters. The highest BCUT2D eigenvalue weighted by atomic mass is 32.1. The summed E-state index contributed by atoms with van der Waals surface area (Å²) in [6, 6.07) is 4.06. The number of carbonyl (C=O) groups excluding carboxylic acids is 1. The highest BCUT2D eigenvalue weighted by Gasteiger charge is 2.31. The van der Waals surface area contributed by atoms with Gasteiger partial charge in [-0.1, -0.05) is 30.2 Å². The number of nitrogens with zero attached hydrogens (tertiary/aromatic N) is 2. The van der Waals surface area contributed by atoms with Crippen molar-refractivity contribution < 1.29 is 9.53 Å². The number of hydrogen-bond acceptors (Lipinski definition) is 7. The second-order valence-electron chi connectivity index (χ2n) is 5.44. The summed E-state index contributed by atoms with van der Waals surface area (Å²) in [5, 5.41) is 15.5. The van der Waals surface area contributed by atoms with Crippen LogP contribution in [0, 0.1) is 11.8 Å². The van der Waals surface area contributed by atoms with Crippen LogP contribution >= 0.6 is 22.7 Å².